The standard InChI is InChI=1S/C19H18OSe/c1-19(2)15-11-16(19)17(20)18-14(15)10-13(21-18)9-8-12-6-4-3-5-7-12/h3-10,15-16H,11H2,1-2H3/b9-8+/t15-,16+/m0/s1. The summed E-state index contributed by atoms with van der Waals surface area (Å²) in [6.45, 7) is 4.51. The Kier molecular flexibility index (Phi) is 2.89. The van der Waals surface area contributed by atoms with Crippen LogP contribution in [0.15, 0.2) is 36.4 Å². The summed E-state index contributed by atoms with van der Waals surface area (Å²) >= 11 is 0.213. The molecule has 1 heterocycles. The monoisotopic (exact) mass is 342 g/mol. The van der Waals surface area contributed by atoms with E-state index in [1.54, 1.807) is 0 Å². The molecule has 3 aliphatic carbocycles. The Balaban J connectivity index is 1.68. The third kappa shape index (κ3) is 1.93. The number of carbonyl (C=O) groups excluding carboxylic acids is 1. The Morgan fingerprint density at radius 2 is 1.90 bits per heavy atom. The molecule has 2 bridgehead atoms. The zero-order valence-corrected chi connectivity index (χ0v) is 14.0. The second-order valence-electron chi connectivity index (χ2n) is 6.70. The van der Waals surface area contributed by atoms with Crippen LogP contribution in [0.3, 0.4) is 0 Å². The van der Waals surface area contributed by atoms with Gasteiger partial charge in [-0.2, -0.15) is 0 Å². The average Bonchev–Trinajstić information content (AvgIpc) is 2.90. The minimum absolute atomic E-state index is 0.182. The first-order chi connectivity index (χ1) is 10.1. The molecule has 0 saturated heterocycles. The summed E-state index contributed by atoms with van der Waals surface area (Å²) < 4.78 is 2.50. The van der Waals surface area contributed by atoms with E-state index in [0.29, 0.717) is 11.7 Å². The summed E-state index contributed by atoms with van der Waals surface area (Å²) in [5.74, 6) is 1.34. The predicted molar refractivity (Wildman–Crippen MR) is 87.7 cm³/mol. The fraction of sp³-hybridized carbons (Fsp3) is 0.316. The van der Waals surface area contributed by atoms with E-state index >= 15 is 0 Å². The number of hydrogen-bond acceptors (Lipinski definition) is 1. The Morgan fingerprint density at radius 3 is 2.62 bits per heavy atom. The molecule has 2 heteroatoms. The minimum atomic E-state index is 0.182. The average molecular weight is 341 g/mol. The van der Waals surface area contributed by atoms with Crippen molar-refractivity contribution in [2.45, 2.75) is 26.2 Å². The van der Waals surface area contributed by atoms with E-state index in [0.717, 1.165) is 10.9 Å². The molecule has 1 aromatic heterocycles. The molecular weight excluding hydrogens is 323 g/mol. The quantitative estimate of drug-likeness (QED) is 0.747. The van der Waals surface area contributed by atoms with Gasteiger partial charge < -0.3 is 0 Å². The molecule has 0 spiro atoms. The molecule has 106 valence electrons. The molecule has 1 nitrogen and oxygen atoms in total. The topological polar surface area (TPSA) is 17.1 Å². The van der Waals surface area contributed by atoms with Crippen molar-refractivity contribution < 1.29 is 4.79 Å². The van der Waals surface area contributed by atoms with Crippen molar-refractivity contribution in [1.29, 1.82) is 0 Å². The third-order valence-corrected chi connectivity index (χ3v) is 7.57. The van der Waals surface area contributed by atoms with Crippen LogP contribution in [0.25, 0.3) is 12.2 Å². The van der Waals surface area contributed by atoms with Crippen LogP contribution in [0.4, 0.5) is 0 Å². The van der Waals surface area contributed by atoms with Crippen molar-refractivity contribution >= 4 is 32.4 Å². The van der Waals surface area contributed by atoms with E-state index in [-0.39, 0.29) is 25.8 Å². The summed E-state index contributed by atoms with van der Waals surface area (Å²) in [7, 11) is 0. The second kappa shape index (κ2) is 4.56. The summed E-state index contributed by atoms with van der Waals surface area (Å²) in [6, 6.07) is 12.7. The first kappa shape index (κ1) is 13.3. The number of hydrogen-bond donors (Lipinski definition) is 0. The van der Waals surface area contributed by atoms with Gasteiger partial charge in [-0.25, -0.2) is 0 Å². The Labute approximate surface area is 131 Å². The van der Waals surface area contributed by atoms with Crippen molar-refractivity contribution in [2.24, 2.45) is 11.3 Å². The third-order valence-electron chi connectivity index (χ3n) is 5.20. The predicted octanol–water partition coefficient (Wildman–Crippen LogP) is 4.24. The molecule has 0 N–H and O–H groups in total. The first-order valence-electron chi connectivity index (χ1n) is 7.48. The zero-order valence-electron chi connectivity index (χ0n) is 12.3. The van der Waals surface area contributed by atoms with Gasteiger partial charge in [0.1, 0.15) is 0 Å². The normalized spacial score (nSPS) is 25.7. The van der Waals surface area contributed by atoms with Gasteiger partial charge in [0.05, 0.1) is 0 Å². The maximum absolute atomic E-state index is 12.6. The van der Waals surface area contributed by atoms with Crippen LogP contribution in [-0.4, -0.2) is 20.3 Å². The van der Waals surface area contributed by atoms with Gasteiger partial charge >= 0.3 is 131 Å². The molecular formula is C19H18OSe. The summed E-state index contributed by atoms with van der Waals surface area (Å²) in [6.07, 6.45) is 5.43. The van der Waals surface area contributed by atoms with Crippen molar-refractivity contribution in [1.82, 2.24) is 0 Å². The van der Waals surface area contributed by atoms with Crippen LogP contribution in [0.5, 0.6) is 0 Å². The van der Waals surface area contributed by atoms with Crippen LogP contribution in [0, 0.1) is 11.3 Å². The van der Waals surface area contributed by atoms with Crippen LogP contribution in [0.2, 0.25) is 0 Å². The van der Waals surface area contributed by atoms with Gasteiger partial charge in [-0.05, 0) is 0 Å². The molecule has 0 radical (unpaired) electrons. The number of ketones is 1. The first-order valence-corrected chi connectivity index (χ1v) is 9.20. The molecule has 2 atom stereocenters. The van der Waals surface area contributed by atoms with Gasteiger partial charge in [0.2, 0.25) is 0 Å². The van der Waals surface area contributed by atoms with E-state index in [2.05, 4.69) is 56.3 Å². The van der Waals surface area contributed by atoms with Gasteiger partial charge in [-0.15, -0.1) is 0 Å². The van der Waals surface area contributed by atoms with Gasteiger partial charge in [-0.1, -0.05) is 0 Å². The van der Waals surface area contributed by atoms with E-state index in [1.807, 2.05) is 6.07 Å². The molecule has 0 amide bonds. The van der Waals surface area contributed by atoms with Crippen LogP contribution >= 0.6 is 0 Å². The van der Waals surface area contributed by atoms with E-state index in [4.69, 9.17) is 0 Å². The van der Waals surface area contributed by atoms with Gasteiger partial charge in [0.25, 0.3) is 0 Å². The molecule has 0 unspecified atom stereocenters. The Bertz CT molecular complexity index is 736. The molecule has 1 saturated carbocycles. The summed E-state index contributed by atoms with van der Waals surface area (Å²) in [5.41, 5.74) is 2.76. The van der Waals surface area contributed by atoms with Gasteiger partial charge in [0.15, 0.2) is 0 Å². The van der Waals surface area contributed by atoms with Gasteiger partial charge in [0, 0.05) is 0 Å². The Hall–Kier alpha value is -1.37. The van der Waals surface area contributed by atoms with E-state index in [9.17, 15) is 4.79 Å². The fourth-order valence-corrected chi connectivity index (χ4v) is 6.11. The summed E-state index contributed by atoms with van der Waals surface area (Å²) in [4.78, 5) is 12.6. The maximum atomic E-state index is 12.6. The Morgan fingerprint density at radius 1 is 1.14 bits per heavy atom. The molecule has 5 rings (SSSR count). The fourth-order valence-electron chi connectivity index (χ4n) is 3.76. The number of benzene rings is 1. The van der Waals surface area contributed by atoms with E-state index < -0.39 is 0 Å². The van der Waals surface area contributed by atoms with Gasteiger partial charge in [-0.3, -0.25) is 0 Å². The molecule has 2 aromatic rings. The van der Waals surface area contributed by atoms with Crippen LogP contribution in [-0.2, 0) is 0 Å². The summed E-state index contributed by atoms with van der Waals surface area (Å²) in [5, 5.41) is 0. The number of carbonyl (C=O) groups is 1. The van der Waals surface area contributed by atoms with Crippen molar-refractivity contribution in [2.75, 3.05) is 0 Å². The van der Waals surface area contributed by atoms with Crippen molar-refractivity contribution in [3.63, 3.8) is 0 Å². The van der Waals surface area contributed by atoms with Crippen molar-refractivity contribution in [3.05, 3.63) is 56.4 Å². The second-order valence-corrected chi connectivity index (χ2v) is 8.98. The van der Waals surface area contributed by atoms with Crippen molar-refractivity contribution in [3.8, 4) is 0 Å². The molecule has 3 aliphatic rings. The number of Topliss-reactive ketones (excluding diaryl/α,β-unsaturated/α-hetero) is 1. The van der Waals surface area contributed by atoms with Crippen LogP contribution in [0.1, 0.15) is 51.0 Å². The molecule has 1 aromatic carbocycles. The zero-order chi connectivity index (χ0) is 14.6. The van der Waals surface area contributed by atoms with E-state index in [1.165, 1.54) is 15.6 Å². The SMILES string of the molecule is CC1(C)[C@@H]2C[C@H]1c1cc(/C=C/c3ccccc3)[se]c1C2=O. The molecule has 0 aliphatic heterocycles. The van der Waals surface area contributed by atoms with Crippen LogP contribution < -0.4 is 0 Å². The molecule has 1 fully saturated rings. The molecule has 21 heavy (non-hydrogen) atoms. The number of rotatable bonds is 2.